The molecule has 110 valence electrons. The maximum atomic E-state index is 11.8. The number of amides is 1. The largest absolute Gasteiger partial charge is 0.349 e. The van der Waals surface area contributed by atoms with Crippen molar-refractivity contribution in [2.45, 2.75) is 24.0 Å². The van der Waals surface area contributed by atoms with Gasteiger partial charge in [-0.15, -0.1) is 0 Å². The summed E-state index contributed by atoms with van der Waals surface area (Å²) in [4.78, 5) is 29.3. The van der Waals surface area contributed by atoms with E-state index < -0.39 is 15.4 Å². The van der Waals surface area contributed by atoms with Crippen LogP contribution in [0.4, 0.5) is 0 Å². The molecule has 1 atom stereocenters. The van der Waals surface area contributed by atoms with E-state index in [1.807, 2.05) is 0 Å². The molecule has 0 saturated carbocycles. The molecule has 1 aromatic rings. The van der Waals surface area contributed by atoms with Crippen LogP contribution in [-0.4, -0.2) is 47.1 Å². The van der Waals surface area contributed by atoms with Gasteiger partial charge >= 0.3 is 0 Å². The minimum absolute atomic E-state index is 0.0309. The molecule has 0 aromatic carbocycles. The standard InChI is InChI=1S/C11H15N3O4S2/c1-11(3-5-20(17,18)7-11)14-9(16)6-19-10-12-4-2-8(15)13-10/h2,4H,3,5-7H2,1H3,(H,14,16)(H,12,13,15)/t11-/m1/s1. The summed E-state index contributed by atoms with van der Waals surface area (Å²) in [7, 11) is -3.05. The number of aromatic amines is 1. The molecule has 2 heterocycles. The lowest BCUT2D eigenvalue weighted by Gasteiger charge is -2.23. The van der Waals surface area contributed by atoms with Crippen LogP contribution in [0.1, 0.15) is 13.3 Å². The Hall–Kier alpha value is -1.35. The van der Waals surface area contributed by atoms with Crippen molar-refractivity contribution in [3.05, 3.63) is 22.6 Å². The molecule has 0 radical (unpaired) electrons. The maximum Gasteiger partial charge on any atom is 0.251 e. The van der Waals surface area contributed by atoms with Gasteiger partial charge in [0.05, 0.1) is 22.8 Å². The second kappa shape index (κ2) is 5.57. The Balaban J connectivity index is 1.89. The van der Waals surface area contributed by atoms with Gasteiger partial charge in [-0.1, -0.05) is 11.8 Å². The van der Waals surface area contributed by atoms with E-state index in [4.69, 9.17) is 0 Å². The Bertz CT molecular complexity index is 670. The van der Waals surface area contributed by atoms with Crippen LogP contribution in [0.25, 0.3) is 0 Å². The average Bonchev–Trinajstić information content (AvgIpc) is 2.61. The molecular weight excluding hydrogens is 302 g/mol. The Kier molecular flexibility index (Phi) is 4.19. The van der Waals surface area contributed by atoms with Crippen LogP contribution >= 0.6 is 11.8 Å². The quantitative estimate of drug-likeness (QED) is 0.575. The summed E-state index contributed by atoms with van der Waals surface area (Å²) in [6.07, 6.45) is 1.79. The van der Waals surface area contributed by atoms with E-state index in [0.717, 1.165) is 11.8 Å². The number of carbonyl (C=O) groups excluding carboxylic acids is 1. The Morgan fingerprint density at radius 3 is 2.95 bits per heavy atom. The van der Waals surface area contributed by atoms with Gasteiger partial charge in [0.2, 0.25) is 5.91 Å². The van der Waals surface area contributed by atoms with Crippen molar-refractivity contribution in [3.63, 3.8) is 0 Å². The van der Waals surface area contributed by atoms with E-state index in [0.29, 0.717) is 11.6 Å². The van der Waals surface area contributed by atoms with Gasteiger partial charge in [0.1, 0.15) is 0 Å². The number of hydrogen-bond acceptors (Lipinski definition) is 6. The van der Waals surface area contributed by atoms with E-state index in [9.17, 15) is 18.0 Å². The topological polar surface area (TPSA) is 109 Å². The highest BCUT2D eigenvalue weighted by Gasteiger charge is 2.39. The molecule has 1 fully saturated rings. The third-order valence-electron chi connectivity index (χ3n) is 2.93. The molecule has 0 spiro atoms. The van der Waals surface area contributed by atoms with Crippen molar-refractivity contribution in [1.29, 1.82) is 0 Å². The number of carbonyl (C=O) groups is 1. The first-order valence-electron chi connectivity index (χ1n) is 5.98. The fraction of sp³-hybridized carbons (Fsp3) is 0.545. The first-order chi connectivity index (χ1) is 9.28. The molecule has 1 aliphatic heterocycles. The predicted molar refractivity (Wildman–Crippen MR) is 75.4 cm³/mol. The molecule has 7 nitrogen and oxygen atoms in total. The summed E-state index contributed by atoms with van der Waals surface area (Å²) in [5.74, 6) is -0.134. The van der Waals surface area contributed by atoms with E-state index in [1.54, 1.807) is 6.92 Å². The van der Waals surface area contributed by atoms with Crippen molar-refractivity contribution < 1.29 is 13.2 Å². The lowest BCUT2D eigenvalue weighted by atomic mass is 10.0. The van der Waals surface area contributed by atoms with Crippen LogP contribution in [0.5, 0.6) is 0 Å². The second-order valence-corrected chi connectivity index (χ2v) is 8.13. The summed E-state index contributed by atoms with van der Waals surface area (Å²) >= 11 is 1.10. The molecule has 9 heteroatoms. The van der Waals surface area contributed by atoms with Gasteiger partial charge < -0.3 is 10.3 Å². The monoisotopic (exact) mass is 317 g/mol. The molecule has 1 saturated heterocycles. The molecule has 1 aromatic heterocycles. The molecule has 1 aliphatic rings. The number of hydrogen-bond donors (Lipinski definition) is 2. The maximum absolute atomic E-state index is 11.8. The lowest BCUT2D eigenvalue weighted by Crippen LogP contribution is -2.47. The summed E-state index contributed by atoms with van der Waals surface area (Å²) in [6.45, 7) is 1.72. The predicted octanol–water partition coefficient (Wildman–Crippen LogP) is -0.445. The van der Waals surface area contributed by atoms with Crippen molar-refractivity contribution >= 4 is 27.5 Å². The van der Waals surface area contributed by atoms with Gasteiger partial charge in [0.25, 0.3) is 5.56 Å². The van der Waals surface area contributed by atoms with Crippen LogP contribution in [-0.2, 0) is 14.6 Å². The van der Waals surface area contributed by atoms with E-state index in [2.05, 4.69) is 15.3 Å². The molecule has 0 aliphatic carbocycles. The Labute approximate surface area is 120 Å². The first-order valence-corrected chi connectivity index (χ1v) is 8.78. The lowest BCUT2D eigenvalue weighted by molar-refractivity contribution is -0.120. The van der Waals surface area contributed by atoms with Crippen LogP contribution in [0.15, 0.2) is 22.2 Å². The molecule has 0 bridgehead atoms. The second-order valence-electron chi connectivity index (χ2n) is 4.98. The van der Waals surface area contributed by atoms with E-state index >= 15 is 0 Å². The molecule has 20 heavy (non-hydrogen) atoms. The highest BCUT2D eigenvalue weighted by atomic mass is 32.2. The zero-order chi connectivity index (χ0) is 14.8. The molecule has 2 N–H and O–H groups in total. The average molecular weight is 317 g/mol. The smallest absolute Gasteiger partial charge is 0.251 e. The van der Waals surface area contributed by atoms with Crippen molar-refractivity contribution in [2.75, 3.05) is 17.3 Å². The minimum Gasteiger partial charge on any atom is -0.349 e. The zero-order valence-electron chi connectivity index (χ0n) is 10.9. The van der Waals surface area contributed by atoms with Gasteiger partial charge in [-0.2, -0.15) is 0 Å². The first kappa shape index (κ1) is 15.0. The van der Waals surface area contributed by atoms with Gasteiger partial charge in [0.15, 0.2) is 15.0 Å². The van der Waals surface area contributed by atoms with Gasteiger partial charge in [-0.05, 0) is 13.3 Å². The van der Waals surface area contributed by atoms with Gasteiger partial charge in [0, 0.05) is 12.3 Å². The summed E-state index contributed by atoms with van der Waals surface area (Å²) in [5, 5.41) is 3.10. The van der Waals surface area contributed by atoms with Crippen LogP contribution < -0.4 is 10.9 Å². The number of H-pyrrole nitrogens is 1. The number of thioether (sulfide) groups is 1. The van der Waals surface area contributed by atoms with Crippen LogP contribution in [0.2, 0.25) is 0 Å². The minimum atomic E-state index is -3.05. The van der Waals surface area contributed by atoms with Crippen molar-refractivity contribution in [2.24, 2.45) is 0 Å². The number of nitrogens with zero attached hydrogens (tertiary/aromatic N) is 1. The number of sulfone groups is 1. The Morgan fingerprint density at radius 2 is 2.35 bits per heavy atom. The molecular formula is C11H15N3O4S2. The third-order valence-corrected chi connectivity index (χ3v) is 5.72. The summed E-state index contributed by atoms with van der Waals surface area (Å²) in [6, 6.07) is 1.29. The molecule has 0 unspecified atom stereocenters. The van der Waals surface area contributed by atoms with Crippen molar-refractivity contribution in [3.8, 4) is 0 Å². The van der Waals surface area contributed by atoms with Gasteiger partial charge in [-0.3, -0.25) is 9.59 Å². The number of aromatic nitrogens is 2. The Morgan fingerprint density at radius 1 is 1.60 bits per heavy atom. The fourth-order valence-electron chi connectivity index (χ4n) is 2.04. The number of nitrogens with one attached hydrogen (secondary N) is 2. The molecule has 2 rings (SSSR count). The third kappa shape index (κ3) is 4.07. The zero-order valence-corrected chi connectivity index (χ0v) is 12.5. The van der Waals surface area contributed by atoms with E-state index in [-0.39, 0.29) is 28.7 Å². The SMILES string of the molecule is C[C@@]1(NC(=O)CSc2nccc(=O)[nH]2)CCS(=O)(=O)C1. The molecule has 1 amide bonds. The summed E-state index contributed by atoms with van der Waals surface area (Å²) in [5.41, 5.74) is -0.981. The highest BCUT2D eigenvalue weighted by Crippen LogP contribution is 2.23. The van der Waals surface area contributed by atoms with Gasteiger partial charge in [-0.25, -0.2) is 13.4 Å². The number of rotatable bonds is 4. The summed E-state index contributed by atoms with van der Waals surface area (Å²) < 4.78 is 22.9. The normalized spacial score (nSPS) is 24.4. The fourth-order valence-corrected chi connectivity index (χ4v) is 4.78. The highest BCUT2D eigenvalue weighted by molar-refractivity contribution is 7.99. The van der Waals surface area contributed by atoms with Crippen molar-refractivity contribution in [1.82, 2.24) is 15.3 Å². The van der Waals surface area contributed by atoms with Crippen LogP contribution in [0, 0.1) is 0 Å². The van der Waals surface area contributed by atoms with E-state index in [1.165, 1.54) is 12.3 Å². The van der Waals surface area contributed by atoms with Crippen LogP contribution in [0.3, 0.4) is 0 Å².